The average Bonchev–Trinajstić information content (AvgIpc) is 2.18. The van der Waals surface area contributed by atoms with Gasteiger partial charge in [0.2, 0.25) is 5.91 Å². The van der Waals surface area contributed by atoms with Crippen molar-refractivity contribution in [3.05, 3.63) is 24.3 Å². The second-order valence-electron chi connectivity index (χ2n) is 3.12. The lowest BCUT2D eigenvalue weighted by Crippen LogP contribution is -2.17. The number of hydrogen-bond donors (Lipinski definition) is 2. The first-order valence-electron chi connectivity index (χ1n) is 4.32. The second-order valence-corrected chi connectivity index (χ2v) is 3.43. The Morgan fingerprint density at radius 3 is 2.64 bits per heavy atom. The molecule has 0 aromatic heterocycles. The Kier molecular flexibility index (Phi) is 3.83. The van der Waals surface area contributed by atoms with Crippen molar-refractivity contribution in [2.45, 2.75) is 0 Å². The van der Waals surface area contributed by atoms with E-state index >= 15 is 0 Å². The fourth-order valence-electron chi connectivity index (χ4n) is 1.16. The summed E-state index contributed by atoms with van der Waals surface area (Å²) in [6, 6.07) is 7.65. The van der Waals surface area contributed by atoms with E-state index in [0.717, 1.165) is 11.4 Å². The molecule has 1 aromatic carbocycles. The zero-order valence-corrected chi connectivity index (χ0v) is 9.21. The van der Waals surface area contributed by atoms with Gasteiger partial charge in [0.1, 0.15) is 0 Å². The van der Waals surface area contributed by atoms with Crippen molar-refractivity contribution in [2.24, 2.45) is 0 Å². The van der Waals surface area contributed by atoms with Gasteiger partial charge in [-0.2, -0.15) is 12.6 Å². The zero-order chi connectivity index (χ0) is 10.6. The molecule has 0 fully saturated rings. The molecule has 0 bridgehead atoms. The smallest absolute Gasteiger partial charge is 0.234 e. The molecule has 1 rings (SSSR count). The van der Waals surface area contributed by atoms with E-state index in [0.29, 0.717) is 0 Å². The van der Waals surface area contributed by atoms with Crippen molar-refractivity contribution in [1.82, 2.24) is 0 Å². The van der Waals surface area contributed by atoms with Crippen LogP contribution in [-0.4, -0.2) is 25.8 Å². The number of rotatable bonds is 3. The molecule has 4 heteroatoms. The van der Waals surface area contributed by atoms with Gasteiger partial charge < -0.3 is 10.2 Å². The van der Waals surface area contributed by atoms with Crippen LogP contribution in [0.2, 0.25) is 0 Å². The zero-order valence-electron chi connectivity index (χ0n) is 8.32. The molecule has 0 atom stereocenters. The Hall–Kier alpha value is -1.16. The van der Waals surface area contributed by atoms with Gasteiger partial charge in [0.15, 0.2) is 0 Å². The standard InChI is InChI=1S/C10H14N2OS/c1-12(2)9-6-4-3-5-8(9)11-10(13)7-14/h3-6,14H,7H2,1-2H3,(H,11,13). The van der Waals surface area contributed by atoms with Gasteiger partial charge in [-0.1, -0.05) is 12.1 Å². The molecule has 14 heavy (non-hydrogen) atoms. The monoisotopic (exact) mass is 210 g/mol. The van der Waals surface area contributed by atoms with E-state index in [4.69, 9.17) is 0 Å². The first kappa shape index (κ1) is 10.9. The number of thiol groups is 1. The lowest BCUT2D eigenvalue weighted by Gasteiger charge is -2.17. The number of carbonyl (C=O) groups is 1. The summed E-state index contributed by atoms with van der Waals surface area (Å²) in [6.45, 7) is 0. The highest BCUT2D eigenvalue weighted by Gasteiger charge is 2.05. The molecule has 0 unspecified atom stereocenters. The number of amides is 1. The minimum atomic E-state index is -0.0948. The summed E-state index contributed by atoms with van der Waals surface area (Å²) in [7, 11) is 3.87. The molecule has 1 amide bonds. The van der Waals surface area contributed by atoms with Crippen LogP contribution >= 0.6 is 12.6 Å². The van der Waals surface area contributed by atoms with Gasteiger partial charge in [-0.15, -0.1) is 0 Å². The van der Waals surface area contributed by atoms with Crippen molar-refractivity contribution >= 4 is 29.9 Å². The van der Waals surface area contributed by atoms with E-state index in [-0.39, 0.29) is 11.7 Å². The fourth-order valence-corrected chi connectivity index (χ4v) is 1.24. The molecule has 1 N–H and O–H groups in total. The van der Waals surface area contributed by atoms with E-state index in [1.54, 1.807) is 0 Å². The van der Waals surface area contributed by atoms with Gasteiger partial charge in [0, 0.05) is 14.1 Å². The highest BCUT2D eigenvalue weighted by Crippen LogP contribution is 2.23. The fraction of sp³-hybridized carbons (Fsp3) is 0.300. The van der Waals surface area contributed by atoms with Gasteiger partial charge in [0.25, 0.3) is 0 Å². The summed E-state index contributed by atoms with van der Waals surface area (Å²) >= 11 is 3.91. The highest BCUT2D eigenvalue weighted by molar-refractivity contribution is 7.81. The predicted molar refractivity (Wildman–Crippen MR) is 63.3 cm³/mol. The first-order valence-corrected chi connectivity index (χ1v) is 4.95. The molecule has 3 nitrogen and oxygen atoms in total. The third-order valence-electron chi connectivity index (χ3n) is 1.80. The molecule has 76 valence electrons. The molecule has 0 aliphatic heterocycles. The van der Waals surface area contributed by atoms with Crippen LogP contribution in [0, 0.1) is 0 Å². The third kappa shape index (κ3) is 2.67. The van der Waals surface area contributed by atoms with Crippen LogP contribution in [0.3, 0.4) is 0 Å². The Bertz CT molecular complexity index is 326. The molecule has 0 aliphatic carbocycles. The minimum absolute atomic E-state index is 0.0948. The van der Waals surface area contributed by atoms with Crippen LogP contribution in [0.1, 0.15) is 0 Å². The highest BCUT2D eigenvalue weighted by atomic mass is 32.1. The maximum Gasteiger partial charge on any atom is 0.234 e. The summed E-state index contributed by atoms with van der Waals surface area (Å²) in [6.07, 6.45) is 0. The van der Waals surface area contributed by atoms with Gasteiger partial charge >= 0.3 is 0 Å². The summed E-state index contributed by atoms with van der Waals surface area (Å²) < 4.78 is 0. The number of hydrogen-bond acceptors (Lipinski definition) is 3. The van der Waals surface area contributed by atoms with Crippen LogP contribution < -0.4 is 10.2 Å². The molecule has 0 heterocycles. The van der Waals surface area contributed by atoms with Gasteiger partial charge in [-0.3, -0.25) is 4.79 Å². The van der Waals surface area contributed by atoms with Crippen LogP contribution in [0.4, 0.5) is 11.4 Å². The van der Waals surface area contributed by atoms with Crippen molar-refractivity contribution in [1.29, 1.82) is 0 Å². The molecule has 0 radical (unpaired) electrons. The maximum atomic E-state index is 11.2. The van der Waals surface area contributed by atoms with E-state index in [1.165, 1.54) is 0 Å². The van der Waals surface area contributed by atoms with E-state index in [2.05, 4.69) is 17.9 Å². The van der Waals surface area contributed by atoms with Gasteiger partial charge in [0.05, 0.1) is 17.1 Å². The van der Waals surface area contributed by atoms with Crippen LogP contribution in [0.25, 0.3) is 0 Å². The molecular weight excluding hydrogens is 196 g/mol. The normalized spacial score (nSPS) is 9.64. The average molecular weight is 210 g/mol. The maximum absolute atomic E-state index is 11.2. The Morgan fingerprint density at radius 1 is 1.43 bits per heavy atom. The molecule has 0 aliphatic rings. The predicted octanol–water partition coefficient (Wildman–Crippen LogP) is 1.62. The number of nitrogens with zero attached hydrogens (tertiary/aromatic N) is 1. The van der Waals surface area contributed by atoms with E-state index in [9.17, 15) is 4.79 Å². The topological polar surface area (TPSA) is 32.3 Å². The van der Waals surface area contributed by atoms with Crippen LogP contribution in [0.5, 0.6) is 0 Å². The lowest BCUT2D eigenvalue weighted by atomic mass is 10.2. The third-order valence-corrected chi connectivity index (χ3v) is 2.09. The van der Waals surface area contributed by atoms with Crippen molar-refractivity contribution in [3.8, 4) is 0 Å². The number of nitrogens with one attached hydrogen (secondary N) is 1. The molecule has 0 saturated carbocycles. The van der Waals surface area contributed by atoms with E-state index in [1.807, 2.05) is 43.3 Å². The number of benzene rings is 1. The van der Waals surface area contributed by atoms with Gasteiger partial charge in [-0.25, -0.2) is 0 Å². The lowest BCUT2D eigenvalue weighted by molar-refractivity contribution is -0.113. The Balaban J connectivity index is 2.90. The van der Waals surface area contributed by atoms with Crippen LogP contribution in [0.15, 0.2) is 24.3 Å². The van der Waals surface area contributed by atoms with Crippen molar-refractivity contribution in [2.75, 3.05) is 30.1 Å². The summed E-state index contributed by atoms with van der Waals surface area (Å²) in [5.41, 5.74) is 1.80. The largest absolute Gasteiger partial charge is 0.376 e. The Labute approximate surface area is 89.5 Å². The first-order chi connectivity index (χ1) is 6.65. The van der Waals surface area contributed by atoms with E-state index < -0.39 is 0 Å². The van der Waals surface area contributed by atoms with Gasteiger partial charge in [-0.05, 0) is 12.1 Å². The Morgan fingerprint density at radius 2 is 2.07 bits per heavy atom. The molecule has 0 spiro atoms. The summed E-state index contributed by atoms with van der Waals surface area (Å²) in [4.78, 5) is 13.1. The second kappa shape index (κ2) is 4.91. The van der Waals surface area contributed by atoms with Crippen molar-refractivity contribution in [3.63, 3.8) is 0 Å². The number of anilines is 2. The molecule has 1 aromatic rings. The number of carbonyl (C=O) groups excluding carboxylic acids is 1. The summed E-state index contributed by atoms with van der Waals surface area (Å²) in [5.74, 6) is 0.101. The minimum Gasteiger partial charge on any atom is -0.376 e. The van der Waals surface area contributed by atoms with Crippen molar-refractivity contribution < 1.29 is 4.79 Å². The SMILES string of the molecule is CN(C)c1ccccc1NC(=O)CS. The van der Waals surface area contributed by atoms with Crippen LogP contribution in [-0.2, 0) is 4.79 Å². The summed E-state index contributed by atoms with van der Waals surface area (Å²) in [5, 5.41) is 2.78. The quantitative estimate of drug-likeness (QED) is 0.743. The number of para-hydroxylation sites is 2. The molecular formula is C10H14N2OS. The molecule has 0 saturated heterocycles.